The van der Waals surface area contributed by atoms with E-state index in [9.17, 15) is 9.59 Å². The number of carbonyl (C=O) groups is 2. The van der Waals surface area contributed by atoms with Gasteiger partial charge < -0.3 is 10.0 Å². The molecule has 1 saturated carbocycles. The van der Waals surface area contributed by atoms with Gasteiger partial charge in [0.15, 0.2) is 0 Å². The summed E-state index contributed by atoms with van der Waals surface area (Å²) in [4.78, 5) is 24.8. The van der Waals surface area contributed by atoms with Crippen LogP contribution in [0.1, 0.15) is 51.4 Å². The van der Waals surface area contributed by atoms with E-state index < -0.39 is 11.5 Å². The van der Waals surface area contributed by atoms with Crippen molar-refractivity contribution in [3.05, 3.63) is 12.7 Å². The van der Waals surface area contributed by atoms with Crippen molar-refractivity contribution in [2.45, 2.75) is 56.9 Å². The first-order valence-electron chi connectivity index (χ1n) is 6.61. The quantitative estimate of drug-likeness (QED) is 0.740. The number of carboxylic acid groups (broad SMARTS) is 1. The number of nitrogens with zero attached hydrogens (tertiary/aromatic N) is 1. The molecule has 4 nitrogen and oxygen atoms in total. The number of amides is 1. The molecule has 0 aromatic carbocycles. The molecule has 1 fully saturated rings. The van der Waals surface area contributed by atoms with E-state index >= 15 is 0 Å². The molecule has 1 aliphatic rings. The molecule has 0 aromatic heterocycles. The van der Waals surface area contributed by atoms with Gasteiger partial charge in [-0.25, -0.2) is 0 Å². The lowest BCUT2D eigenvalue weighted by molar-refractivity contribution is -0.145. The fourth-order valence-corrected chi connectivity index (χ4v) is 2.78. The molecule has 0 aliphatic heterocycles. The molecule has 0 radical (unpaired) electrons. The largest absolute Gasteiger partial charge is 0.481 e. The lowest BCUT2D eigenvalue weighted by atomic mass is 9.78. The molecule has 0 saturated heterocycles. The van der Waals surface area contributed by atoms with Crippen LogP contribution in [-0.2, 0) is 9.59 Å². The van der Waals surface area contributed by atoms with E-state index in [-0.39, 0.29) is 12.3 Å². The SMILES string of the molecule is C=CCCC(=O)N(C)C1(CC(=O)O)CCCCC1. The minimum absolute atomic E-state index is 0.0260. The Morgan fingerprint density at radius 2 is 1.94 bits per heavy atom. The molecule has 0 heterocycles. The lowest BCUT2D eigenvalue weighted by Crippen LogP contribution is -2.52. The van der Waals surface area contributed by atoms with Gasteiger partial charge >= 0.3 is 5.97 Å². The highest BCUT2D eigenvalue weighted by Gasteiger charge is 2.39. The van der Waals surface area contributed by atoms with Crippen LogP contribution in [0.25, 0.3) is 0 Å². The summed E-state index contributed by atoms with van der Waals surface area (Å²) >= 11 is 0. The highest BCUT2D eigenvalue weighted by atomic mass is 16.4. The third-order valence-corrected chi connectivity index (χ3v) is 3.91. The van der Waals surface area contributed by atoms with E-state index in [1.807, 2.05) is 0 Å². The molecule has 102 valence electrons. The van der Waals surface area contributed by atoms with Gasteiger partial charge in [0.25, 0.3) is 0 Å². The van der Waals surface area contributed by atoms with Crippen LogP contribution in [0, 0.1) is 0 Å². The summed E-state index contributed by atoms with van der Waals surface area (Å²) in [5.41, 5.74) is -0.470. The molecule has 1 aliphatic carbocycles. The lowest BCUT2D eigenvalue weighted by Gasteiger charge is -2.44. The summed E-state index contributed by atoms with van der Waals surface area (Å²) in [5.74, 6) is -0.793. The number of carboxylic acids is 1. The van der Waals surface area contributed by atoms with Gasteiger partial charge in [-0.2, -0.15) is 0 Å². The molecule has 0 unspecified atom stereocenters. The third kappa shape index (κ3) is 3.59. The molecule has 0 aromatic rings. The maximum Gasteiger partial charge on any atom is 0.305 e. The fraction of sp³-hybridized carbons (Fsp3) is 0.714. The number of carbonyl (C=O) groups excluding carboxylic acids is 1. The van der Waals surface area contributed by atoms with Gasteiger partial charge in [0.1, 0.15) is 0 Å². The van der Waals surface area contributed by atoms with Crippen LogP contribution in [0.15, 0.2) is 12.7 Å². The first kappa shape index (κ1) is 14.7. The smallest absolute Gasteiger partial charge is 0.305 e. The Labute approximate surface area is 109 Å². The van der Waals surface area contributed by atoms with E-state index in [4.69, 9.17) is 5.11 Å². The van der Waals surface area contributed by atoms with Crippen molar-refractivity contribution in [1.82, 2.24) is 4.90 Å². The van der Waals surface area contributed by atoms with E-state index in [0.29, 0.717) is 12.8 Å². The van der Waals surface area contributed by atoms with Crippen molar-refractivity contribution in [3.63, 3.8) is 0 Å². The number of rotatable bonds is 6. The molecule has 1 rings (SSSR count). The summed E-state index contributed by atoms with van der Waals surface area (Å²) in [6, 6.07) is 0. The Morgan fingerprint density at radius 3 is 2.44 bits per heavy atom. The Balaban J connectivity index is 2.77. The van der Waals surface area contributed by atoms with Crippen molar-refractivity contribution in [2.75, 3.05) is 7.05 Å². The molecule has 0 atom stereocenters. The summed E-state index contributed by atoms with van der Waals surface area (Å²) in [5, 5.41) is 9.08. The predicted molar refractivity (Wildman–Crippen MR) is 70.3 cm³/mol. The van der Waals surface area contributed by atoms with E-state index in [1.54, 1.807) is 18.0 Å². The van der Waals surface area contributed by atoms with Crippen LogP contribution < -0.4 is 0 Å². The van der Waals surface area contributed by atoms with Gasteiger partial charge in [-0.1, -0.05) is 25.3 Å². The molecular weight excluding hydrogens is 230 g/mol. The number of aliphatic carboxylic acids is 1. The van der Waals surface area contributed by atoms with Gasteiger partial charge in [0.05, 0.1) is 12.0 Å². The van der Waals surface area contributed by atoms with Crippen molar-refractivity contribution in [1.29, 1.82) is 0 Å². The fourth-order valence-electron chi connectivity index (χ4n) is 2.78. The zero-order chi connectivity index (χ0) is 13.6. The van der Waals surface area contributed by atoms with Crippen molar-refractivity contribution in [3.8, 4) is 0 Å². The molecule has 18 heavy (non-hydrogen) atoms. The molecule has 1 N–H and O–H groups in total. The van der Waals surface area contributed by atoms with Crippen molar-refractivity contribution < 1.29 is 14.7 Å². The van der Waals surface area contributed by atoms with Crippen LogP contribution >= 0.6 is 0 Å². The van der Waals surface area contributed by atoms with E-state index in [2.05, 4.69) is 6.58 Å². The molecular formula is C14H23NO3. The number of hydrogen-bond donors (Lipinski definition) is 1. The van der Waals surface area contributed by atoms with Gasteiger partial charge in [-0.15, -0.1) is 6.58 Å². The highest BCUT2D eigenvalue weighted by molar-refractivity contribution is 5.78. The van der Waals surface area contributed by atoms with Crippen LogP contribution in [0.5, 0.6) is 0 Å². The summed E-state index contributed by atoms with van der Waals surface area (Å²) < 4.78 is 0. The van der Waals surface area contributed by atoms with Crippen molar-refractivity contribution in [2.24, 2.45) is 0 Å². The Morgan fingerprint density at radius 1 is 1.33 bits per heavy atom. The Bertz CT molecular complexity index is 319. The standard InChI is InChI=1S/C14H23NO3/c1-3-4-8-12(16)15(2)14(11-13(17)18)9-6-5-7-10-14/h3H,1,4-11H2,2H3,(H,17,18). The summed E-state index contributed by atoms with van der Waals surface area (Å²) in [6.07, 6.45) is 7.59. The monoisotopic (exact) mass is 253 g/mol. The first-order chi connectivity index (χ1) is 8.52. The van der Waals surface area contributed by atoms with Gasteiger partial charge in [0.2, 0.25) is 5.91 Å². The molecule has 4 heteroatoms. The second-order valence-corrected chi connectivity index (χ2v) is 5.14. The maximum absolute atomic E-state index is 12.1. The predicted octanol–water partition coefficient (Wildman–Crippen LogP) is 2.59. The van der Waals surface area contributed by atoms with E-state index in [0.717, 1.165) is 32.1 Å². The number of allylic oxidation sites excluding steroid dienone is 1. The average Bonchev–Trinajstić information content (AvgIpc) is 2.35. The second-order valence-electron chi connectivity index (χ2n) is 5.14. The van der Waals surface area contributed by atoms with Crippen LogP contribution in [0.3, 0.4) is 0 Å². The molecule has 1 amide bonds. The van der Waals surface area contributed by atoms with Gasteiger partial charge in [-0.05, 0) is 19.3 Å². The normalized spacial score (nSPS) is 18.1. The zero-order valence-corrected chi connectivity index (χ0v) is 11.2. The Hall–Kier alpha value is -1.32. The average molecular weight is 253 g/mol. The molecule has 0 spiro atoms. The zero-order valence-electron chi connectivity index (χ0n) is 11.2. The summed E-state index contributed by atoms with van der Waals surface area (Å²) in [7, 11) is 1.75. The van der Waals surface area contributed by atoms with Crippen LogP contribution in [0.4, 0.5) is 0 Å². The Kier molecular flexibility index (Phi) is 5.38. The minimum Gasteiger partial charge on any atom is -0.481 e. The van der Waals surface area contributed by atoms with Gasteiger partial charge in [-0.3, -0.25) is 9.59 Å². The number of hydrogen-bond acceptors (Lipinski definition) is 2. The first-order valence-corrected chi connectivity index (χ1v) is 6.61. The third-order valence-electron chi connectivity index (χ3n) is 3.91. The topological polar surface area (TPSA) is 57.6 Å². The highest BCUT2D eigenvalue weighted by Crippen LogP contribution is 2.36. The van der Waals surface area contributed by atoms with Gasteiger partial charge in [0, 0.05) is 13.5 Å². The maximum atomic E-state index is 12.1. The van der Waals surface area contributed by atoms with Crippen molar-refractivity contribution >= 4 is 11.9 Å². The minimum atomic E-state index is -0.819. The second kappa shape index (κ2) is 6.57. The molecule has 0 bridgehead atoms. The van der Waals surface area contributed by atoms with Crippen LogP contribution in [0.2, 0.25) is 0 Å². The van der Waals surface area contributed by atoms with E-state index in [1.165, 1.54) is 0 Å². The summed E-state index contributed by atoms with van der Waals surface area (Å²) in [6.45, 7) is 3.61. The van der Waals surface area contributed by atoms with Crippen LogP contribution in [-0.4, -0.2) is 34.5 Å².